The number of hydrogen-bond acceptors (Lipinski definition) is 5. The molecule has 7 heteroatoms. The van der Waals surface area contributed by atoms with E-state index in [-0.39, 0.29) is 17.9 Å². The van der Waals surface area contributed by atoms with Gasteiger partial charge in [-0.25, -0.2) is 4.79 Å². The van der Waals surface area contributed by atoms with Gasteiger partial charge in [0, 0.05) is 24.7 Å². The Balaban J connectivity index is 2.22. The van der Waals surface area contributed by atoms with Crippen LogP contribution in [0.25, 0.3) is 0 Å². The van der Waals surface area contributed by atoms with E-state index in [1.54, 1.807) is 51.2 Å². The van der Waals surface area contributed by atoms with Crippen molar-refractivity contribution in [2.45, 2.75) is 45.6 Å². The van der Waals surface area contributed by atoms with Gasteiger partial charge in [-0.05, 0) is 45.4 Å². The molecule has 1 N–H and O–H groups in total. The maximum atomic E-state index is 12.7. The molecule has 1 aliphatic rings. The molecule has 7 nitrogen and oxygen atoms in total. The summed E-state index contributed by atoms with van der Waals surface area (Å²) in [5, 5.41) is 9.17. The number of carboxylic acid groups (broad SMARTS) is 1. The van der Waals surface area contributed by atoms with Gasteiger partial charge in [-0.15, -0.1) is 0 Å². The topological polar surface area (TPSA) is 85.3 Å². The van der Waals surface area contributed by atoms with Gasteiger partial charge in [-0.2, -0.15) is 0 Å². The van der Waals surface area contributed by atoms with E-state index >= 15 is 0 Å². The molecule has 0 atom stereocenters. The van der Waals surface area contributed by atoms with Crippen LogP contribution in [0, 0.1) is 11.8 Å². The van der Waals surface area contributed by atoms with Crippen molar-refractivity contribution in [1.29, 1.82) is 0 Å². The molecule has 1 fully saturated rings. The first-order chi connectivity index (χ1) is 12.8. The van der Waals surface area contributed by atoms with Crippen molar-refractivity contribution >= 4 is 17.7 Å². The van der Waals surface area contributed by atoms with Gasteiger partial charge in [-0.1, -0.05) is 0 Å². The van der Waals surface area contributed by atoms with Gasteiger partial charge in [0.05, 0.1) is 31.9 Å². The molecule has 0 saturated heterocycles. The number of methoxy groups -OCH3 is 2. The van der Waals surface area contributed by atoms with Crippen molar-refractivity contribution in [2.24, 2.45) is 11.8 Å². The maximum absolute atomic E-state index is 12.7. The number of carbonyl (C=O) groups is 2. The lowest BCUT2D eigenvalue weighted by Gasteiger charge is -2.31. The molecule has 150 valence electrons. The molecule has 0 heterocycles. The van der Waals surface area contributed by atoms with Gasteiger partial charge in [-0.3, -0.25) is 9.69 Å². The van der Waals surface area contributed by atoms with Crippen LogP contribution in [0.15, 0.2) is 18.2 Å². The molecule has 2 rings (SSSR count). The first-order valence-corrected chi connectivity index (χ1v) is 9.28. The van der Waals surface area contributed by atoms with E-state index in [0.717, 1.165) is 12.8 Å². The third-order valence-corrected chi connectivity index (χ3v) is 4.84. The number of benzene rings is 1. The summed E-state index contributed by atoms with van der Waals surface area (Å²) in [5.41, 5.74) is 0.636. The highest BCUT2D eigenvalue weighted by atomic mass is 16.6. The Hall–Kier alpha value is -2.44. The normalized spacial score (nSPS) is 19.4. The Kier molecular flexibility index (Phi) is 7.33. The molecular weight excluding hydrogens is 350 g/mol. The van der Waals surface area contributed by atoms with Crippen molar-refractivity contribution in [3.05, 3.63) is 18.2 Å². The average Bonchev–Trinajstić information content (AvgIpc) is 2.65. The highest BCUT2D eigenvalue weighted by Gasteiger charge is 2.30. The summed E-state index contributed by atoms with van der Waals surface area (Å²) < 4.78 is 16.1. The lowest BCUT2D eigenvalue weighted by atomic mass is 9.82. The molecular formula is C20H29NO6. The summed E-state index contributed by atoms with van der Waals surface area (Å²) in [4.78, 5) is 25.5. The predicted molar refractivity (Wildman–Crippen MR) is 102 cm³/mol. The second-order valence-corrected chi connectivity index (χ2v) is 7.17. The van der Waals surface area contributed by atoms with Crippen LogP contribution in [-0.4, -0.2) is 44.0 Å². The Morgan fingerprint density at radius 3 is 2.07 bits per heavy atom. The summed E-state index contributed by atoms with van der Waals surface area (Å²) in [5.74, 6) is 0.372. The minimum absolute atomic E-state index is 0.220. The zero-order chi connectivity index (χ0) is 20.0. The van der Waals surface area contributed by atoms with Crippen molar-refractivity contribution in [2.75, 3.05) is 25.7 Å². The molecule has 1 aliphatic carbocycles. The van der Waals surface area contributed by atoms with Gasteiger partial charge in [0.15, 0.2) is 0 Å². The first kappa shape index (κ1) is 20.9. The fraction of sp³-hybridized carbons (Fsp3) is 0.600. The average molecular weight is 379 g/mol. The highest BCUT2D eigenvalue weighted by molar-refractivity contribution is 5.88. The van der Waals surface area contributed by atoms with E-state index in [2.05, 4.69) is 0 Å². The third kappa shape index (κ3) is 5.77. The number of anilines is 1. The van der Waals surface area contributed by atoms with Crippen molar-refractivity contribution in [1.82, 2.24) is 0 Å². The van der Waals surface area contributed by atoms with Crippen LogP contribution in [0.2, 0.25) is 0 Å². The van der Waals surface area contributed by atoms with E-state index < -0.39 is 12.1 Å². The SMILES string of the molecule is COc1cc(OC)cc(N(CC2CCC(C(=O)O)CC2)C(=O)OC(C)C)c1. The number of aliphatic carboxylic acids is 1. The molecule has 0 bridgehead atoms. The Bertz CT molecular complexity index is 630. The van der Waals surface area contributed by atoms with Crippen molar-refractivity contribution in [3.8, 4) is 11.5 Å². The smallest absolute Gasteiger partial charge is 0.414 e. The van der Waals surface area contributed by atoms with Crippen molar-refractivity contribution in [3.63, 3.8) is 0 Å². The molecule has 1 saturated carbocycles. The first-order valence-electron chi connectivity index (χ1n) is 9.28. The number of amides is 1. The Morgan fingerprint density at radius 2 is 1.63 bits per heavy atom. The molecule has 0 aliphatic heterocycles. The lowest BCUT2D eigenvalue weighted by molar-refractivity contribution is -0.143. The quantitative estimate of drug-likeness (QED) is 0.772. The van der Waals surface area contributed by atoms with Crippen LogP contribution in [0.3, 0.4) is 0 Å². The molecule has 1 amide bonds. The zero-order valence-corrected chi connectivity index (χ0v) is 16.4. The molecule has 27 heavy (non-hydrogen) atoms. The van der Waals surface area contributed by atoms with Crippen LogP contribution in [0.1, 0.15) is 39.5 Å². The van der Waals surface area contributed by atoms with E-state index in [0.29, 0.717) is 36.6 Å². The number of carbonyl (C=O) groups excluding carboxylic acids is 1. The summed E-state index contributed by atoms with van der Waals surface area (Å²) in [7, 11) is 3.12. The van der Waals surface area contributed by atoms with Gasteiger partial charge in [0.1, 0.15) is 11.5 Å². The minimum Gasteiger partial charge on any atom is -0.497 e. The predicted octanol–water partition coefficient (Wildman–Crippen LogP) is 3.95. The number of carboxylic acids is 1. The van der Waals surface area contributed by atoms with Gasteiger partial charge >= 0.3 is 12.1 Å². The van der Waals surface area contributed by atoms with Crippen LogP contribution >= 0.6 is 0 Å². The van der Waals surface area contributed by atoms with E-state index in [9.17, 15) is 14.7 Å². The monoisotopic (exact) mass is 379 g/mol. The minimum atomic E-state index is -0.734. The molecule has 0 spiro atoms. The summed E-state index contributed by atoms with van der Waals surface area (Å²) in [6.45, 7) is 4.08. The number of hydrogen-bond donors (Lipinski definition) is 1. The van der Waals surface area contributed by atoms with E-state index in [1.165, 1.54) is 0 Å². The number of rotatable bonds is 7. The summed E-state index contributed by atoms with van der Waals surface area (Å²) >= 11 is 0. The number of ether oxygens (including phenoxy) is 3. The fourth-order valence-corrected chi connectivity index (χ4v) is 3.35. The molecule has 1 aromatic carbocycles. The summed E-state index contributed by atoms with van der Waals surface area (Å²) in [6, 6.07) is 5.29. The second-order valence-electron chi connectivity index (χ2n) is 7.17. The van der Waals surface area contributed by atoms with E-state index in [1.807, 2.05) is 0 Å². The van der Waals surface area contributed by atoms with Crippen molar-refractivity contribution < 1.29 is 28.9 Å². The molecule has 0 radical (unpaired) electrons. The summed E-state index contributed by atoms with van der Waals surface area (Å²) in [6.07, 6.45) is 2.13. The number of nitrogens with zero attached hydrogens (tertiary/aromatic N) is 1. The Morgan fingerprint density at radius 1 is 1.07 bits per heavy atom. The van der Waals surface area contributed by atoms with Gasteiger partial charge < -0.3 is 19.3 Å². The van der Waals surface area contributed by atoms with Crippen LogP contribution in [0.5, 0.6) is 11.5 Å². The second kappa shape index (κ2) is 9.48. The van der Waals surface area contributed by atoms with Gasteiger partial charge in [0.25, 0.3) is 0 Å². The molecule has 1 aromatic rings. The standard InChI is InChI=1S/C20H29NO6/c1-13(2)27-20(24)21(12-14-5-7-15(8-6-14)19(22)23)16-9-17(25-3)11-18(10-16)26-4/h9-11,13-15H,5-8,12H2,1-4H3,(H,22,23). The molecule has 0 aromatic heterocycles. The van der Waals surface area contributed by atoms with Crippen LogP contribution < -0.4 is 14.4 Å². The Labute approximate surface area is 160 Å². The largest absolute Gasteiger partial charge is 0.497 e. The molecule has 0 unspecified atom stereocenters. The van der Waals surface area contributed by atoms with E-state index in [4.69, 9.17) is 14.2 Å². The van der Waals surface area contributed by atoms with Crippen LogP contribution in [-0.2, 0) is 9.53 Å². The maximum Gasteiger partial charge on any atom is 0.414 e. The third-order valence-electron chi connectivity index (χ3n) is 4.84. The fourth-order valence-electron chi connectivity index (χ4n) is 3.35. The van der Waals surface area contributed by atoms with Gasteiger partial charge in [0.2, 0.25) is 0 Å². The van der Waals surface area contributed by atoms with Crippen LogP contribution in [0.4, 0.5) is 10.5 Å². The zero-order valence-electron chi connectivity index (χ0n) is 16.4. The highest BCUT2D eigenvalue weighted by Crippen LogP contribution is 2.33. The lowest BCUT2D eigenvalue weighted by Crippen LogP contribution is -2.38.